The number of carbonyl (C=O) groups excluding carboxylic acids is 2. The normalized spacial score (nSPS) is 20.9. The Morgan fingerprint density at radius 3 is 2.76 bits per heavy atom. The van der Waals surface area contributed by atoms with Gasteiger partial charge in [-0.3, -0.25) is 9.59 Å². The van der Waals surface area contributed by atoms with Gasteiger partial charge in [-0.15, -0.1) is 0 Å². The Labute approximate surface area is 145 Å². The van der Waals surface area contributed by atoms with Crippen LogP contribution in [0.1, 0.15) is 48.4 Å². The van der Waals surface area contributed by atoms with E-state index < -0.39 is 5.92 Å². The number of aryl methyl sites for hydroxylation is 1. The van der Waals surface area contributed by atoms with Crippen LogP contribution in [0.25, 0.3) is 0 Å². The van der Waals surface area contributed by atoms with E-state index in [2.05, 4.69) is 15.5 Å². The number of amides is 2. The first-order valence-corrected chi connectivity index (χ1v) is 8.59. The van der Waals surface area contributed by atoms with Gasteiger partial charge >= 0.3 is 0 Å². The fourth-order valence-electron chi connectivity index (χ4n) is 3.68. The number of nitrogens with one attached hydrogen (secondary N) is 1. The predicted molar refractivity (Wildman–Crippen MR) is 90.0 cm³/mol. The Hall–Kier alpha value is -2.70. The van der Waals surface area contributed by atoms with Crippen molar-refractivity contribution < 1.29 is 14.1 Å². The number of anilines is 1. The first-order chi connectivity index (χ1) is 12.1. The third-order valence-electron chi connectivity index (χ3n) is 5.00. The molecule has 4 rings (SSSR count). The summed E-state index contributed by atoms with van der Waals surface area (Å²) >= 11 is 0. The first-order valence-electron chi connectivity index (χ1n) is 8.59. The monoisotopic (exact) mass is 340 g/mol. The number of rotatable bonds is 2. The van der Waals surface area contributed by atoms with Crippen molar-refractivity contribution in [3.05, 3.63) is 41.5 Å². The maximum atomic E-state index is 13.0. The summed E-state index contributed by atoms with van der Waals surface area (Å²) in [6.07, 6.45) is 1.81. The zero-order valence-corrected chi connectivity index (χ0v) is 14.1. The van der Waals surface area contributed by atoms with E-state index >= 15 is 0 Å². The van der Waals surface area contributed by atoms with E-state index in [4.69, 9.17) is 4.52 Å². The molecule has 7 nitrogen and oxygen atoms in total. The smallest absolute Gasteiger partial charge is 0.230 e. The van der Waals surface area contributed by atoms with Crippen molar-refractivity contribution in [1.29, 1.82) is 0 Å². The van der Waals surface area contributed by atoms with E-state index in [1.54, 1.807) is 6.92 Å². The van der Waals surface area contributed by atoms with E-state index in [1.165, 1.54) is 0 Å². The van der Waals surface area contributed by atoms with Gasteiger partial charge in [0.1, 0.15) is 0 Å². The lowest BCUT2D eigenvalue weighted by Crippen LogP contribution is -2.42. The fourth-order valence-corrected chi connectivity index (χ4v) is 3.68. The summed E-state index contributed by atoms with van der Waals surface area (Å²) in [5.41, 5.74) is 1.65. The van der Waals surface area contributed by atoms with Gasteiger partial charge in [0.05, 0.1) is 5.92 Å². The molecule has 1 fully saturated rings. The highest BCUT2D eigenvalue weighted by Crippen LogP contribution is 2.35. The molecular formula is C18H20N4O3. The Morgan fingerprint density at radius 2 is 2.04 bits per heavy atom. The van der Waals surface area contributed by atoms with Crippen LogP contribution in [0, 0.1) is 6.92 Å². The number of fused-ring (bicyclic) bond motifs is 1. The summed E-state index contributed by atoms with van der Waals surface area (Å²) < 4.78 is 5.26. The Balaban J connectivity index is 1.47. The lowest BCUT2D eigenvalue weighted by atomic mass is 9.88. The molecule has 0 aliphatic carbocycles. The zero-order valence-electron chi connectivity index (χ0n) is 14.1. The van der Waals surface area contributed by atoms with Crippen LogP contribution in [0.2, 0.25) is 0 Å². The third kappa shape index (κ3) is 3.01. The van der Waals surface area contributed by atoms with Gasteiger partial charge in [-0.2, -0.15) is 4.98 Å². The minimum absolute atomic E-state index is 0.0301. The minimum atomic E-state index is -0.396. The number of piperidine rings is 1. The van der Waals surface area contributed by atoms with Crippen LogP contribution in [0.15, 0.2) is 28.8 Å². The molecular weight excluding hydrogens is 320 g/mol. The Kier molecular flexibility index (Phi) is 3.99. The molecule has 1 N–H and O–H groups in total. The average molecular weight is 340 g/mol. The summed E-state index contributed by atoms with van der Waals surface area (Å²) in [7, 11) is 0. The van der Waals surface area contributed by atoms with Crippen LogP contribution in [-0.2, 0) is 9.59 Å². The molecule has 1 atom stereocenters. The van der Waals surface area contributed by atoms with Gasteiger partial charge in [0.25, 0.3) is 0 Å². The zero-order chi connectivity index (χ0) is 17.4. The van der Waals surface area contributed by atoms with Gasteiger partial charge in [0.2, 0.25) is 17.7 Å². The van der Waals surface area contributed by atoms with Crippen molar-refractivity contribution in [2.45, 2.75) is 38.0 Å². The molecule has 1 aromatic heterocycles. The molecule has 130 valence electrons. The van der Waals surface area contributed by atoms with Crippen molar-refractivity contribution in [1.82, 2.24) is 15.0 Å². The second-order valence-electron chi connectivity index (χ2n) is 6.67. The summed E-state index contributed by atoms with van der Waals surface area (Å²) in [6, 6.07) is 7.53. The molecule has 1 saturated heterocycles. The molecule has 1 aromatic carbocycles. The number of likely N-dealkylation sites (tertiary alicyclic amines) is 1. The number of nitrogens with zero attached hydrogens (tertiary/aromatic N) is 3. The molecule has 2 amide bonds. The summed E-state index contributed by atoms with van der Waals surface area (Å²) in [4.78, 5) is 31.1. The molecule has 2 aliphatic heterocycles. The van der Waals surface area contributed by atoms with Crippen molar-refractivity contribution in [3.63, 3.8) is 0 Å². The number of hydrogen-bond acceptors (Lipinski definition) is 5. The molecule has 0 saturated carbocycles. The van der Waals surface area contributed by atoms with Gasteiger partial charge in [-0.05, 0) is 31.4 Å². The Bertz CT molecular complexity index is 808. The second-order valence-corrected chi connectivity index (χ2v) is 6.67. The van der Waals surface area contributed by atoms with Crippen molar-refractivity contribution >= 4 is 17.5 Å². The molecule has 7 heteroatoms. The summed E-state index contributed by atoms with van der Waals surface area (Å²) in [5.74, 6) is 1.03. The van der Waals surface area contributed by atoms with Crippen LogP contribution in [0.3, 0.4) is 0 Å². The molecule has 0 bridgehead atoms. The fraction of sp³-hybridized carbons (Fsp3) is 0.444. The SMILES string of the molecule is Cc1noc(C2CCN(C(=O)[C@@H]3CC(=O)Nc4ccccc43)CC2)n1. The van der Waals surface area contributed by atoms with E-state index in [1.807, 2.05) is 29.2 Å². The quantitative estimate of drug-likeness (QED) is 0.905. The molecule has 0 radical (unpaired) electrons. The maximum Gasteiger partial charge on any atom is 0.230 e. The Morgan fingerprint density at radius 1 is 1.28 bits per heavy atom. The lowest BCUT2D eigenvalue weighted by molar-refractivity contribution is -0.136. The highest BCUT2D eigenvalue weighted by Gasteiger charge is 2.35. The van der Waals surface area contributed by atoms with E-state index in [9.17, 15) is 9.59 Å². The maximum absolute atomic E-state index is 13.0. The minimum Gasteiger partial charge on any atom is -0.342 e. The van der Waals surface area contributed by atoms with Crippen LogP contribution in [0.4, 0.5) is 5.69 Å². The highest BCUT2D eigenvalue weighted by atomic mass is 16.5. The van der Waals surface area contributed by atoms with Gasteiger partial charge < -0.3 is 14.7 Å². The van der Waals surface area contributed by atoms with Crippen molar-refractivity contribution in [2.75, 3.05) is 18.4 Å². The van der Waals surface area contributed by atoms with Crippen LogP contribution >= 0.6 is 0 Å². The topological polar surface area (TPSA) is 88.3 Å². The number of carbonyl (C=O) groups is 2. The molecule has 0 unspecified atom stereocenters. The first kappa shape index (κ1) is 15.8. The average Bonchev–Trinajstić information content (AvgIpc) is 3.07. The van der Waals surface area contributed by atoms with E-state index in [-0.39, 0.29) is 24.2 Å². The lowest BCUT2D eigenvalue weighted by Gasteiger charge is -2.34. The van der Waals surface area contributed by atoms with Gasteiger partial charge in [-0.1, -0.05) is 23.4 Å². The van der Waals surface area contributed by atoms with Crippen LogP contribution in [-0.4, -0.2) is 39.9 Å². The number of hydrogen-bond donors (Lipinski definition) is 1. The van der Waals surface area contributed by atoms with Crippen molar-refractivity contribution in [3.8, 4) is 0 Å². The number of para-hydroxylation sites is 1. The second kappa shape index (κ2) is 6.31. The van der Waals surface area contributed by atoms with Crippen molar-refractivity contribution in [2.24, 2.45) is 0 Å². The molecule has 3 heterocycles. The highest BCUT2D eigenvalue weighted by molar-refractivity contribution is 6.01. The van der Waals surface area contributed by atoms with Gasteiger partial charge in [0.15, 0.2) is 5.82 Å². The van der Waals surface area contributed by atoms with Gasteiger partial charge in [-0.25, -0.2) is 0 Å². The molecule has 25 heavy (non-hydrogen) atoms. The standard InChI is InChI=1S/C18H20N4O3/c1-11-19-17(25-21-11)12-6-8-22(9-7-12)18(24)14-10-16(23)20-15-5-3-2-4-13(14)15/h2-5,12,14H,6-10H2,1H3,(H,20,23)/t14-/m1/s1. The summed E-state index contributed by atoms with van der Waals surface area (Å²) in [5, 5.41) is 6.68. The van der Waals surface area contributed by atoms with Crippen LogP contribution < -0.4 is 5.32 Å². The molecule has 2 aromatic rings. The largest absolute Gasteiger partial charge is 0.342 e. The third-order valence-corrected chi connectivity index (χ3v) is 5.00. The predicted octanol–water partition coefficient (Wildman–Crippen LogP) is 2.21. The number of aromatic nitrogens is 2. The molecule has 2 aliphatic rings. The molecule has 0 spiro atoms. The van der Waals surface area contributed by atoms with Crippen LogP contribution in [0.5, 0.6) is 0 Å². The number of benzene rings is 1. The van der Waals surface area contributed by atoms with E-state index in [0.29, 0.717) is 24.8 Å². The summed E-state index contributed by atoms with van der Waals surface area (Å²) in [6.45, 7) is 3.09. The van der Waals surface area contributed by atoms with Gasteiger partial charge in [0, 0.05) is 31.1 Å². The van der Waals surface area contributed by atoms with E-state index in [0.717, 1.165) is 24.1 Å².